The Balaban J connectivity index is 1.54. The fraction of sp³-hybridized carbons (Fsp3) is 0.318. The molecule has 10 heteroatoms. The molecular weight excluding hydrogens is 440 g/mol. The van der Waals surface area contributed by atoms with Crippen LogP contribution < -0.4 is 24.4 Å². The van der Waals surface area contributed by atoms with Crippen LogP contribution >= 0.6 is 11.6 Å². The number of carbonyl (C=O) groups excluding carboxylic acids is 3. The van der Waals surface area contributed by atoms with Gasteiger partial charge in [-0.3, -0.25) is 14.4 Å². The number of methoxy groups -OCH3 is 2. The predicted molar refractivity (Wildman–Crippen MR) is 118 cm³/mol. The molecular formula is C22H23ClN2O7. The average Bonchev–Trinajstić information content (AvgIpc) is 2.78. The molecule has 2 aromatic rings. The summed E-state index contributed by atoms with van der Waals surface area (Å²) in [7, 11) is 2.90. The number of hydrogen-bond donors (Lipinski definition) is 1. The number of rotatable bonds is 8. The molecule has 1 aliphatic rings. The van der Waals surface area contributed by atoms with Gasteiger partial charge in [0.2, 0.25) is 0 Å². The van der Waals surface area contributed by atoms with Crippen molar-refractivity contribution >= 4 is 40.8 Å². The van der Waals surface area contributed by atoms with E-state index in [1.165, 1.54) is 31.3 Å². The summed E-state index contributed by atoms with van der Waals surface area (Å²) in [6.45, 7) is 1.25. The maximum Gasteiger partial charge on any atom is 0.308 e. The van der Waals surface area contributed by atoms with E-state index in [9.17, 15) is 14.4 Å². The molecule has 1 aliphatic heterocycles. The lowest BCUT2D eigenvalue weighted by Gasteiger charge is -2.32. The van der Waals surface area contributed by atoms with E-state index in [0.717, 1.165) is 0 Å². The van der Waals surface area contributed by atoms with Gasteiger partial charge in [0.25, 0.3) is 11.8 Å². The van der Waals surface area contributed by atoms with Gasteiger partial charge in [0.05, 0.1) is 37.0 Å². The molecule has 2 amide bonds. The van der Waals surface area contributed by atoms with E-state index in [1.54, 1.807) is 31.2 Å². The quantitative estimate of drug-likeness (QED) is 0.601. The molecule has 1 N–H and O–H groups in total. The predicted octanol–water partition coefficient (Wildman–Crippen LogP) is 3.04. The highest BCUT2D eigenvalue weighted by Crippen LogP contribution is 2.36. The zero-order valence-corrected chi connectivity index (χ0v) is 18.6. The summed E-state index contributed by atoms with van der Waals surface area (Å²) in [6, 6.07) is 10.1. The molecule has 0 saturated carbocycles. The zero-order chi connectivity index (χ0) is 23.3. The molecule has 0 fully saturated rings. The standard InChI is InChI=1S/C22H23ClN2O7/c1-13-22(28)25(16-6-4-5-7-17(16)32-13)9-8-21(27)31-12-20(26)24-15-10-14(23)18(29-2)11-19(15)30-3/h4-7,10-11,13H,8-9,12H2,1-3H3,(H,24,26). The normalized spacial score (nSPS) is 14.8. The molecule has 32 heavy (non-hydrogen) atoms. The maximum absolute atomic E-state index is 12.5. The third-order valence-corrected chi connectivity index (χ3v) is 5.02. The van der Waals surface area contributed by atoms with Crippen molar-refractivity contribution in [2.24, 2.45) is 0 Å². The molecule has 0 aromatic heterocycles. The Bertz CT molecular complexity index is 1030. The van der Waals surface area contributed by atoms with Crippen LogP contribution in [-0.2, 0) is 19.1 Å². The number of para-hydroxylation sites is 2. The van der Waals surface area contributed by atoms with Gasteiger partial charge in [-0.25, -0.2) is 0 Å². The van der Waals surface area contributed by atoms with Gasteiger partial charge in [0.15, 0.2) is 12.7 Å². The van der Waals surface area contributed by atoms with Gasteiger partial charge in [-0.15, -0.1) is 0 Å². The summed E-state index contributed by atoms with van der Waals surface area (Å²) in [6.07, 6.45) is -0.740. The lowest BCUT2D eigenvalue weighted by atomic mass is 10.2. The van der Waals surface area contributed by atoms with E-state index in [4.69, 9.17) is 30.5 Å². The van der Waals surface area contributed by atoms with E-state index in [0.29, 0.717) is 28.6 Å². The Labute approximate surface area is 190 Å². The maximum atomic E-state index is 12.5. The molecule has 170 valence electrons. The van der Waals surface area contributed by atoms with Crippen LogP contribution in [0.3, 0.4) is 0 Å². The number of nitrogens with one attached hydrogen (secondary N) is 1. The zero-order valence-electron chi connectivity index (χ0n) is 17.8. The summed E-state index contributed by atoms with van der Waals surface area (Å²) >= 11 is 6.08. The van der Waals surface area contributed by atoms with Crippen molar-refractivity contribution in [3.05, 3.63) is 41.4 Å². The number of esters is 1. The Morgan fingerprint density at radius 1 is 1.16 bits per heavy atom. The van der Waals surface area contributed by atoms with Gasteiger partial charge in [-0.1, -0.05) is 23.7 Å². The van der Waals surface area contributed by atoms with Crippen LogP contribution in [0.5, 0.6) is 17.2 Å². The van der Waals surface area contributed by atoms with Crippen LogP contribution in [0.2, 0.25) is 5.02 Å². The molecule has 9 nitrogen and oxygen atoms in total. The molecule has 0 radical (unpaired) electrons. The highest BCUT2D eigenvalue weighted by molar-refractivity contribution is 6.32. The van der Waals surface area contributed by atoms with Crippen molar-refractivity contribution in [2.75, 3.05) is 37.6 Å². The summed E-state index contributed by atoms with van der Waals surface area (Å²) in [5.74, 6) is -0.146. The SMILES string of the molecule is COc1cc(OC)c(NC(=O)COC(=O)CCN2C(=O)C(C)Oc3ccccc32)cc1Cl. The molecule has 3 rings (SSSR count). The molecule has 0 spiro atoms. The topological polar surface area (TPSA) is 103 Å². The number of fused-ring (bicyclic) bond motifs is 1. The first-order valence-electron chi connectivity index (χ1n) is 9.78. The number of anilines is 2. The Morgan fingerprint density at radius 3 is 2.59 bits per heavy atom. The number of amides is 2. The fourth-order valence-corrected chi connectivity index (χ4v) is 3.40. The molecule has 0 bridgehead atoms. The van der Waals surface area contributed by atoms with Crippen molar-refractivity contribution in [1.82, 2.24) is 0 Å². The number of ether oxygens (including phenoxy) is 4. The van der Waals surface area contributed by atoms with Crippen molar-refractivity contribution in [1.29, 1.82) is 0 Å². The van der Waals surface area contributed by atoms with Gasteiger partial charge in [0, 0.05) is 12.6 Å². The largest absolute Gasteiger partial charge is 0.495 e. The van der Waals surface area contributed by atoms with E-state index in [2.05, 4.69) is 5.32 Å². The van der Waals surface area contributed by atoms with Gasteiger partial charge in [-0.2, -0.15) is 0 Å². The first-order valence-corrected chi connectivity index (χ1v) is 10.2. The third-order valence-electron chi connectivity index (χ3n) is 4.73. The van der Waals surface area contributed by atoms with E-state index in [1.807, 2.05) is 0 Å². The molecule has 2 aromatic carbocycles. The Morgan fingerprint density at radius 2 is 1.88 bits per heavy atom. The minimum absolute atomic E-state index is 0.0856. The number of halogens is 1. The second kappa shape index (κ2) is 10.2. The average molecular weight is 463 g/mol. The monoisotopic (exact) mass is 462 g/mol. The van der Waals surface area contributed by atoms with Crippen LogP contribution in [0.4, 0.5) is 11.4 Å². The lowest BCUT2D eigenvalue weighted by molar-refractivity contribution is -0.147. The molecule has 1 atom stereocenters. The lowest BCUT2D eigenvalue weighted by Crippen LogP contribution is -2.45. The minimum atomic E-state index is -0.655. The number of carbonyl (C=O) groups is 3. The third kappa shape index (κ3) is 5.23. The van der Waals surface area contributed by atoms with Gasteiger partial charge < -0.3 is 29.2 Å². The summed E-state index contributed by atoms with van der Waals surface area (Å²) in [4.78, 5) is 38.3. The highest BCUT2D eigenvalue weighted by atomic mass is 35.5. The smallest absolute Gasteiger partial charge is 0.308 e. The van der Waals surface area contributed by atoms with Crippen LogP contribution in [0.25, 0.3) is 0 Å². The van der Waals surface area contributed by atoms with Gasteiger partial charge in [0.1, 0.15) is 17.2 Å². The van der Waals surface area contributed by atoms with Crippen molar-refractivity contribution in [3.63, 3.8) is 0 Å². The number of hydrogen-bond acceptors (Lipinski definition) is 7. The first kappa shape index (κ1) is 23.2. The fourth-order valence-electron chi connectivity index (χ4n) is 3.15. The van der Waals surface area contributed by atoms with Gasteiger partial charge >= 0.3 is 5.97 Å². The van der Waals surface area contributed by atoms with Crippen LogP contribution in [0.1, 0.15) is 13.3 Å². The molecule has 0 saturated heterocycles. The Hall–Kier alpha value is -3.46. The molecule has 1 unspecified atom stereocenters. The second-order valence-electron chi connectivity index (χ2n) is 6.86. The summed E-state index contributed by atoms with van der Waals surface area (Å²) in [5, 5.41) is 2.86. The van der Waals surface area contributed by atoms with Crippen LogP contribution in [0, 0.1) is 0 Å². The molecule has 0 aliphatic carbocycles. The van der Waals surface area contributed by atoms with E-state index < -0.39 is 24.6 Å². The van der Waals surface area contributed by atoms with E-state index >= 15 is 0 Å². The van der Waals surface area contributed by atoms with Crippen molar-refractivity contribution in [2.45, 2.75) is 19.4 Å². The molecule has 1 heterocycles. The first-order chi connectivity index (χ1) is 15.3. The minimum Gasteiger partial charge on any atom is -0.495 e. The van der Waals surface area contributed by atoms with Crippen molar-refractivity contribution < 1.29 is 33.3 Å². The van der Waals surface area contributed by atoms with Crippen molar-refractivity contribution in [3.8, 4) is 17.2 Å². The van der Waals surface area contributed by atoms with E-state index in [-0.39, 0.29) is 23.9 Å². The Kier molecular flexibility index (Phi) is 7.42. The summed E-state index contributed by atoms with van der Waals surface area (Å²) in [5.41, 5.74) is 0.897. The highest BCUT2D eigenvalue weighted by Gasteiger charge is 2.31. The number of nitrogens with zero attached hydrogens (tertiary/aromatic N) is 1. The number of benzene rings is 2. The second-order valence-corrected chi connectivity index (χ2v) is 7.27. The van der Waals surface area contributed by atoms with Crippen LogP contribution in [-0.4, -0.2) is 51.3 Å². The summed E-state index contributed by atoms with van der Waals surface area (Å²) < 4.78 is 20.9. The van der Waals surface area contributed by atoms with Crippen LogP contribution in [0.15, 0.2) is 36.4 Å². The van der Waals surface area contributed by atoms with Gasteiger partial charge in [-0.05, 0) is 25.1 Å².